The zero-order valence-corrected chi connectivity index (χ0v) is 11.3. The molecule has 0 aromatic carbocycles. The molecule has 0 spiro atoms. The average Bonchev–Trinajstić information content (AvgIpc) is 3.08. The van der Waals surface area contributed by atoms with Gasteiger partial charge in [0.05, 0.1) is 13.2 Å². The summed E-state index contributed by atoms with van der Waals surface area (Å²) >= 11 is 0. The third-order valence-electron chi connectivity index (χ3n) is 3.32. The first-order valence-electron chi connectivity index (χ1n) is 6.69. The third kappa shape index (κ3) is 7.71. The van der Waals surface area contributed by atoms with Crippen LogP contribution in [0.15, 0.2) is 0 Å². The van der Waals surface area contributed by atoms with Crippen LogP contribution in [0.4, 0.5) is 0 Å². The fourth-order valence-electron chi connectivity index (χ4n) is 1.70. The van der Waals surface area contributed by atoms with Crippen LogP contribution in [-0.2, 0) is 4.74 Å². The highest BCUT2D eigenvalue weighted by molar-refractivity contribution is 4.77. The van der Waals surface area contributed by atoms with Crippen molar-refractivity contribution in [2.75, 3.05) is 40.0 Å². The van der Waals surface area contributed by atoms with E-state index in [2.05, 4.69) is 11.9 Å². The van der Waals surface area contributed by atoms with Crippen molar-refractivity contribution in [1.82, 2.24) is 4.90 Å². The number of hydrogen-bond donors (Lipinski definition) is 2. The molecule has 1 aliphatic rings. The van der Waals surface area contributed by atoms with Gasteiger partial charge in [0.1, 0.15) is 0 Å². The number of ether oxygens (including phenoxy) is 1. The van der Waals surface area contributed by atoms with Gasteiger partial charge >= 0.3 is 0 Å². The predicted octanol–water partition coefficient (Wildman–Crippen LogP) is 0.835. The second-order valence-corrected chi connectivity index (χ2v) is 5.74. The molecule has 0 aromatic rings. The highest BCUT2D eigenvalue weighted by atomic mass is 16.5. The fraction of sp³-hybridized carbons (Fsp3) is 1.00. The van der Waals surface area contributed by atoms with Crippen molar-refractivity contribution >= 4 is 0 Å². The Hall–Kier alpha value is -0.160. The van der Waals surface area contributed by atoms with Crippen molar-refractivity contribution < 1.29 is 9.84 Å². The maximum atomic E-state index is 9.03. The summed E-state index contributed by atoms with van der Waals surface area (Å²) in [5.41, 5.74) is 5.44. The quantitative estimate of drug-likeness (QED) is 0.559. The first-order chi connectivity index (χ1) is 8.03. The van der Waals surface area contributed by atoms with Crippen molar-refractivity contribution in [1.29, 1.82) is 0 Å². The van der Waals surface area contributed by atoms with Gasteiger partial charge < -0.3 is 20.5 Å². The van der Waals surface area contributed by atoms with E-state index in [4.69, 9.17) is 15.6 Å². The Morgan fingerprint density at radius 3 is 2.71 bits per heavy atom. The second kappa shape index (κ2) is 7.31. The van der Waals surface area contributed by atoms with Gasteiger partial charge in [0, 0.05) is 18.7 Å². The van der Waals surface area contributed by atoms with Crippen LogP contribution < -0.4 is 5.73 Å². The lowest BCUT2D eigenvalue weighted by Crippen LogP contribution is -2.40. The first-order valence-corrected chi connectivity index (χ1v) is 6.69. The van der Waals surface area contributed by atoms with E-state index in [1.54, 1.807) is 0 Å². The lowest BCUT2D eigenvalue weighted by atomic mass is 9.98. The van der Waals surface area contributed by atoms with E-state index < -0.39 is 5.54 Å². The minimum atomic E-state index is -0.427. The molecule has 0 aliphatic heterocycles. The number of nitrogens with zero attached hydrogens (tertiary/aromatic N) is 1. The van der Waals surface area contributed by atoms with Crippen molar-refractivity contribution in [2.24, 2.45) is 11.7 Å². The molecule has 0 amide bonds. The average molecular weight is 244 g/mol. The first kappa shape index (κ1) is 14.9. The Morgan fingerprint density at radius 2 is 2.12 bits per heavy atom. The molecule has 0 saturated heterocycles. The van der Waals surface area contributed by atoms with E-state index in [0.29, 0.717) is 0 Å². The van der Waals surface area contributed by atoms with Crippen molar-refractivity contribution in [3.05, 3.63) is 0 Å². The molecule has 0 aromatic heterocycles. The molecule has 4 nitrogen and oxygen atoms in total. The minimum Gasteiger partial charge on any atom is -0.394 e. The van der Waals surface area contributed by atoms with Crippen molar-refractivity contribution in [3.8, 4) is 0 Å². The maximum absolute atomic E-state index is 9.03. The van der Waals surface area contributed by atoms with E-state index >= 15 is 0 Å². The molecule has 1 aliphatic carbocycles. The third-order valence-corrected chi connectivity index (χ3v) is 3.32. The highest BCUT2D eigenvalue weighted by Crippen LogP contribution is 2.28. The van der Waals surface area contributed by atoms with Gasteiger partial charge in [-0.25, -0.2) is 0 Å². The number of aliphatic hydroxyl groups is 1. The molecular weight excluding hydrogens is 216 g/mol. The zero-order valence-electron chi connectivity index (χ0n) is 11.3. The topological polar surface area (TPSA) is 58.7 Å². The van der Waals surface area contributed by atoms with Gasteiger partial charge in [0.2, 0.25) is 0 Å². The Labute approximate surface area is 105 Å². The summed E-state index contributed by atoms with van der Waals surface area (Å²) in [5.74, 6) is 0.850. The van der Waals surface area contributed by atoms with Gasteiger partial charge in [-0.1, -0.05) is 0 Å². The number of nitrogens with two attached hydrogens (primary N) is 1. The summed E-state index contributed by atoms with van der Waals surface area (Å²) in [7, 11) is 2.10. The second-order valence-electron chi connectivity index (χ2n) is 5.74. The molecule has 1 fully saturated rings. The van der Waals surface area contributed by atoms with Crippen LogP contribution in [0.25, 0.3) is 0 Å². The molecule has 0 heterocycles. The molecule has 0 bridgehead atoms. The largest absolute Gasteiger partial charge is 0.394 e. The number of aliphatic hydroxyl groups excluding tert-OH is 1. The molecule has 3 N–H and O–H groups in total. The lowest BCUT2D eigenvalue weighted by molar-refractivity contribution is 0.102. The van der Waals surface area contributed by atoms with Gasteiger partial charge in [0.15, 0.2) is 0 Å². The summed E-state index contributed by atoms with van der Waals surface area (Å²) in [5, 5.41) is 9.03. The SMILES string of the molecule is CN(CCCC(C)(N)CO)CCOCC1CC1. The summed E-state index contributed by atoms with van der Waals surface area (Å²) in [4.78, 5) is 2.26. The normalized spacial score (nSPS) is 19.6. The lowest BCUT2D eigenvalue weighted by Gasteiger charge is -2.23. The molecule has 1 atom stereocenters. The van der Waals surface area contributed by atoms with Crippen LogP contribution >= 0.6 is 0 Å². The Balaban J connectivity index is 1.90. The highest BCUT2D eigenvalue weighted by Gasteiger charge is 2.21. The van der Waals surface area contributed by atoms with Crippen LogP contribution in [0.1, 0.15) is 32.6 Å². The molecule has 17 heavy (non-hydrogen) atoms. The minimum absolute atomic E-state index is 0.0568. The summed E-state index contributed by atoms with van der Waals surface area (Å²) in [6.07, 6.45) is 4.58. The van der Waals surface area contributed by atoms with Crippen LogP contribution in [-0.4, -0.2) is 55.5 Å². The van der Waals surface area contributed by atoms with Gasteiger partial charge in [-0.2, -0.15) is 0 Å². The van der Waals surface area contributed by atoms with Gasteiger partial charge in [-0.3, -0.25) is 0 Å². The van der Waals surface area contributed by atoms with Crippen LogP contribution in [0, 0.1) is 5.92 Å². The molecular formula is C13H28N2O2. The Morgan fingerprint density at radius 1 is 1.41 bits per heavy atom. The van der Waals surface area contributed by atoms with E-state index in [0.717, 1.165) is 45.1 Å². The van der Waals surface area contributed by atoms with E-state index in [-0.39, 0.29) is 6.61 Å². The summed E-state index contributed by atoms with van der Waals surface area (Å²) in [6.45, 7) is 5.71. The molecule has 1 rings (SSSR count). The van der Waals surface area contributed by atoms with Crippen molar-refractivity contribution in [3.63, 3.8) is 0 Å². The predicted molar refractivity (Wildman–Crippen MR) is 70.0 cm³/mol. The molecule has 1 saturated carbocycles. The number of likely N-dealkylation sites (N-methyl/N-ethyl adjacent to an activating group) is 1. The van der Waals surface area contributed by atoms with Crippen LogP contribution in [0.5, 0.6) is 0 Å². The fourth-order valence-corrected chi connectivity index (χ4v) is 1.70. The van der Waals surface area contributed by atoms with E-state index in [9.17, 15) is 0 Å². The molecule has 102 valence electrons. The summed E-state index contributed by atoms with van der Waals surface area (Å²) in [6, 6.07) is 0. The zero-order chi connectivity index (χ0) is 12.7. The van der Waals surface area contributed by atoms with Crippen LogP contribution in [0.3, 0.4) is 0 Å². The number of hydrogen-bond acceptors (Lipinski definition) is 4. The monoisotopic (exact) mass is 244 g/mol. The molecule has 1 unspecified atom stereocenters. The maximum Gasteiger partial charge on any atom is 0.0608 e. The standard InChI is InChI=1S/C13H28N2O2/c1-13(14,11-16)6-3-7-15(2)8-9-17-10-12-4-5-12/h12,16H,3-11,14H2,1-2H3. The van der Waals surface area contributed by atoms with Gasteiger partial charge in [-0.15, -0.1) is 0 Å². The van der Waals surface area contributed by atoms with E-state index in [1.165, 1.54) is 12.8 Å². The smallest absolute Gasteiger partial charge is 0.0608 e. The van der Waals surface area contributed by atoms with Gasteiger partial charge in [0.25, 0.3) is 0 Å². The molecule has 4 heteroatoms. The van der Waals surface area contributed by atoms with Crippen molar-refractivity contribution in [2.45, 2.75) is 38.1 Å². The Bertz CT molecular complexity index is 206. The number of rotatable bonds is 10. The molecule has 0 radical (unpaired) electrons. The summed E-state index contributed by atoms with van der Waals surface area (Å²) < 4.78 is 5.59. The van der Waals surface area contributed by atoms with E-state index in [1.807, 2.05) is 6.92 Å². The van der Waals surface area contributed by atoms with Gasteiger partial charge in [-0.05, 0) is 52.1 Å². The van der Waals surface area contributed by atoms with Crippen LogP contribution in [0.2, 0.25) is 0 Å². The Kier molecular flexibility index (Phi) is 6.41.